The lowest BCUT2D eigenvalue weighted by molar-refractivity contribution is 1.08. The van der Waals surface area contributed by atoms with Crippen molar-refractivity contribution >= 4 is 81.7 Å². The Labute approximate surface area is 304 Å². The number of benzene rings is 7. The van der Waals surface area contributed by atoms with Gasteiger partial charge < -0.3 is 8.97 Å². The molecule has 0 aliphatic rings. The zero-order valence-electron chi connectivity index (χ0n) is 28.6. The first kappa shape index (κ1) is 28.5. The van der Waals surface area contributed by atoms with E-state index in [1.165, 1.54) is 76.2 Å². The zero-order chi connectivity index (χ0) is 34.6. The highest BCUT2D eigenvalue weighted by molar-refractivity contribution is 6.23. The van der Waals surface area contributed by atoms with Crippen LogP contribution in [0.5, 0.6) is 0 Å². The van der Waals surface area contributed by atoms with Gasteiger partial charge in [-0.3, -0.25) is 4.57 Å². The van der Waals surface area contributed by atoms with E-state index in [1.807, 2.05) is 6.20 Å². The molecule has 12 rings (SSSR count). The number of rotatable bonds is 3. The lowest BCUT2D eigenvalue weighted by Gasteiger charge is -2.11. The quantitative estimate of drug-likeness (QED) is 0.171. The smallest absolute Gasteiger partial charge is 0.138 e. The minimum absolute atomic E-state index is 0.901. The van der Waals surface area contributed by atoms with E-state index < -0.39 is 0 Å². The topological polar surface area (TPSA) is 27.2 Å². The second-order valence-corrected chi connectivity index (χ2v) is 14.0. The van der Waals surface area contributed by atoms with Crippen molar-refractivity contribution in [2.75, 3.05) is 0 Å². The fourth-order valence-corrected chi connectivity index (χ4v) is 9.00. The average molecular weight is 675 g/mol. The molecular weight excluding hydrogens is 645 g/mol. The first-order valence-corrected chi connectivity index (χ1v) is 18.1. The maximum atomic E-state index is 5.08. The summed E-state index contributed by atoms with van der Waals surface area (Å²) in [4.78, 5) is 5.08. The Morgan fingerprint density at radius 3 is 1.64 bits per heavy atom. The van der Waals surface area contributed by atoms with Crippen LogP contribution in [-0.2, 0) is 0 Å². The highest BCUT2D eigenvalue weighted by Gasteiger charge is 2.20. The van der Waals surface area contributed by atoms with Crippen LogP contribution in [0.4, 0.5) is 0 Å². The van der Waals surface area contributed by atoms with Crippen LogP contribution in [0.1, 0.15) is 0 Å². The second kappa shape index (κ2) is 10.7. The standard InChI is InChI=1S/C49H30N4/c1-2-12-33(13-3-1)51-42-19-9-8-18-38(42)40-28-31(22-24-45(40)51)32-26-27-50-48(29-32)53-44-21-11-7-17-37(44)39-23-25-46-41(49(39)53)30-47-36-16-5-4-14-34(36)35-15-6-10-20-43(35)52(46)47/h1-30H. The Kier molecular flexibility index (Phi) is 5.74. The molecule has 4 nitrogen and oxygen atoms in total. The first-order chi connectivity index (χ1) is 26.3. The van der Waals surface area contributed by atoms with Gasteiger partial charge in [0.1, 0.15) is 5.82 Å². The fourth-order valence-electron chi connectivity index (χ4n) is 9.00. The maximum absolute atomic E-state index is 5.08. The molecule has 0 N–H and O–H groups in total. The van der Waals surface area contributed by atoms with Gasteiger partial charge in [-0.05, 0) is 83.2 Å². The van der Waals surface area contributed by atoms with Crippen molar-refractivity contribution < 1.29 is 0 Å². The van der Waals surface area contributed by atoms with Crippen LogP contribution in [0.15, 0.2) is 182 Å². The van der Waals surface area contributed by atoms with Crippen molar-refractivity contribution in [1.82, 2.24) is 18.5 Å². The molecule has 0 saturated carbocycles. The molecule has 0 aliphatic carbocycles. The molecule has 0 atom stereocenters. The Hall–Kier alpha value is -7.17. The second-order valence-electron chi connectivity index (χ2n) is 14.0. The van der Waals surface area contributed by atoms with Crippen LogP contribution in [0.25, 0.3) is 104 Å². The highest BCUT2D eigenvalue weighted by Crippen LogP contribution is 2.41. The van der Waals surface area contributed by atoms with Gasteiger partial charge in [-0.1, -0.05) is 109 Å². The van der Waals surface area contributed by atoms with Gasteiger partial charge in [-0.25, -0.2) is 4.98 Å². The van der Waals surface area contributed by atoms with E-state index in [4.69, 9.17) is 4.98 Å². The lowest BCUT2D eigenvalue weighted by Crippen LogP contribution is -1.98. The Morgan fingerprint density at radius 1 is 0.321 bits per heavy atom. The van der Waals surface area contributed by atoms with E-state index >= 15 is 0 Å². The number of hydrogen-bond acceptors (Lipinski definition) is 1. The van der Waals surface area contributed by atoms with Gasteiger partial charge in [0.15, 0.2) is 0 Å². The summed E-state index contributed by atoms with van der Waals surface area (Å²) in [5.41, 5.74) is 11.8. The predicted molar refractivity (Wildman–Crippen MR) is 222 cm³/mol. The Bertz CT molecular complexity index is 3450. The van der Waals surface area contributed by atoms with Crippen LogP contribution in [0, 0.1) is 0 Å². The Balaban J connectivity index is 1.12. The molecule has 53 heavy (non-hydrogen) atoms. The molecule has 0 saturated heterocycles. The number of nitrogens with zero attached hydrogens (tertiary/aromatic N) is 4. The van der Waals surface area contributed by atoms with Gasteiger partial charge in [0, 0.05) is 49.6 Å². The summed E-state index contributed by atoms with van der Waals surface area (Å²) in [5, 5.41) is 9.91. The summed E-state index contributed by atoms with van der Waals surface area (Å²) < 4.78 is 7.18. The van der Waals surface area contributed by atoms with Crippen LogP contribution >= 0.6 is 0 Å². The van der Waals surface area contributed by atoms with Gasteiger partial charge >= 0.3 is 0 Å². The van der Waals surface area contributed by atoms with Gasteiger partial charge in [0.05, 0.1) is 38.6 Å². The summed E-state index contributed by atoms with van der Waals surface area (Å²) in [6.45, 7) is 0. The molecule has 0 radical (unpaired) electrons. The molecular formula is C49H30N4. The third-order valence-electron chi connectivity index (χ3n) is 11.2. The fraction of sp³-hybridized carbons (Fsp3) is 0. The number of fused-ring (bicyclic) bond motifs is 15. The molecule has 0 amide bonds. The molecule has 0 unspecified atom stereocenters. The van der Waals surface area contributed by atoms with Crippen molar-refractivity contribution in [3.63, 3.8) is 0 Å². The molecule has 0 spiro atoms. The minimum Gasteiger partial charge on any atom is -0.309 e. The van der Waals surface area contributed by atoms with Gasteiger partial charge in [0.2, 0.25) is 0 Å². The first-order valence-electron chi connectivity index (χ1n) is 18.1. The summed E-state index contributed by atoms with van der Waals surface area (Å²) in [6, 6.07) is 63.9. The maximum Gasteiger partial charge on any atom is 0.138 e. The number of pyridine rings is 2. The number of aromatic nitrogens is 4. The van der Waals surface area contributed by atoms with E-state index in [-0.39, 0.29) is 0 Å². The van der Waals surface area contributed by atoms with E-state index in [9.17, 15) is 0 Å². The van der Waals surface area contributed by atoms with E-state index in [0.29, 0.717) is 0 Å². The minimum atomic E-state index is 0.901. The molecule has 246 valence electrons. The van der Waals surface area contributed by atoms with Crippen molar-refractivity contribution in [2.45, 2.75) is 0 Å². The van der Waals surface area contributed by atoms with Crippen molar-refractivity contribution in [2.24, 2.45) is 0 Å². The van der Waals surface area contributed by atoms with E-state index in [1.54, 1.807) is 0 Å². The predicted octanol–water partition coefficient (Wildman–Crippen LogP) is 12.7. The third-order valence-corrected chi connectivity index (χ3v) is 11.2. The van der Waals surface area contributed by atoms with Crippen molar-refractivity contribution in [3.8, 4) is 22.6 Å². The highest BCUT2D eigenvalue weighted by atomic mass is 15.1. The van der Waals surface area contributed by atoms with Crippen LogP contribution in [0.2, 0.25) is 0 Å². The van der Waals surface area contributed by atoms with Crippen LogP contribution in [-0.4, -0.2) is 18.5 Å². The number of para-hydroxylation sites is 4. The summed E-state index contributed by atoms with van der Waals surface area (Å²) in [5.74, 6) is 0.901. The largest absolute Gasteiger partial charge is 0.309 e. The molecule has 5 heterocycles. The average Bonchev–Trinajstić information content (AvgIpc) is 3.89. The molecule has 12 aromatic rings. The normalized spacial score (nSPS) is 12.2. The van der Waals surface area contributed by atoms with Gasteiger partial charge in [-0.15, -0.1) is 0 Å². The molecule has 7 aromatic carbocycles. The summed E-state index contributed by atoms with van der Waals surface area (Å²) in [7, 11) is 0. The molecule has 0 fully saturated rings. The van der Waals surface area contributed by atoms with Gasteiger partial charge in [-0.2, -0.15) is 0 Å². The van der Waals surface area contributed by atoms with Crippen LogP contribution < -0.4 is 0 Å². The molecule has 5 aromatic heterocycles. The molecule has 4 heteroatoms. The number of hydrogen-bond donors (Lipinski definition) is 0. The monoisotopic (exact) mass is 674 g/mol. The van der Waals surface area contributed by atoms with Crippen LogP contribution in [0.3, 0.4) is 0 Å². The van der Waals surface area contributed by atoms with Crippen molar-refractivity contribution in [3.05, 3.63) is 182 Å². The van der Waals surface area contributed by atoms with E-state index in [2.05, 4.69) is 189 Å². The van der Waals surface area contributed by atoms with Gasteiger partial charge in [0.25, 0.3) is 0 Å². The summed E-state index contributed by atoms with van der Waals surface area (Å²) >= 11 is 0. The SMILES string of the molecule is c1ccc(-n2c3ccccc3c3cc(-c4ccnc(-n5c6ccccc6c6ccc7c(cc8c9ccccc9c9ccccc9n87)c65)c4)ccc32)cc1. The summed E-state index contributed by atoms with van der Waals surface area (Å²) in [6.07, 6.45) is 1.96. The van der Waals surface area contributed by atoms with Crippen molar-refractivity contribution in [1.29, 1.82) is 0 Å². The third kappa shape index (κ3) is 3.92. The zero-order valence-corrected chi connectivity index (χ0v) is 28.6. The lowest BCUT2D eigenvalue weighted by atomic mass is 10.0. The molecule has 0 bridgehead atoms. The Morgan fingerprint density at radius 2 is 0.868 bits per heavy atom. The molecule has 0 aliphatic heterocycles. The van der Waals surface area contributed by atoms with E-state index in [0.717, 1.165) is 28.1 Å².